The van der Waals surface area contributed by atoms with Gasteiger partial charge in [-0.2, -0.15) is 0 Å². The quantitative estimate of drug-likeness (QED) is 0.312. The molecule has 0 spiro atoms. The molecule has 1 aliphatic rings. The summed E-state index contributed by atoms with van der Waals surface area (Å²) in [5.41, 5.74) is 5.43. The molecule has 1 aromatic heterocycles. The van der Waals surface area contributed by atoms with Crippen LogP contribution in [0.1, 0.15) is 32.0 Å². The molecule has 146 valence electrons. The number of carbonyl (C=O) groups excluding carboxylic acids is 1. The minimum Gasteiger partial charge on any atom is -0.369 e. The van der Waals surface area contributed by atoms with Crippen LogP contribution in [-0.4, -0.2) is 71.3 Å². The van der Waals surface area contributed by atoms with Gasteiger partial charge in [-0.3, -0.25) is 9.79 Å². The van der Waals surface area contributed by atoms with Crippen LogP contribution in [-0.2, 0) is 17.8 Å². The third kappa shape index (κ3) is 6.29. The second-order valence-electron chi connectivity index (χ2n) is 6.62. The van der Waals surface area contributed by atoms with Crippen molar-refractivity contribution in [2.24, 2.45) is 16.6 Å². The molecule has 0 radical (unpaired) electrons. The van der Waals surface area contributed by atoms with Gasteiger partial charge in [0.15, 0.2) is 5.96 Å². The van der Waals surface area contributed by atoms with E-state index < -0.39 is 0 Å². The second kappa shape index (κ2) is 10.7. The summed E-state index contributed by atoms with van der Waals surface area (Å²) in [6.07, 6.45) is 5.60. The highest BCUT2D eigenvalue weighted by Gasteiger charge is 2.23. The highest BCUT2D eigenvalue weighted by Crippen LogP contribution is 2.15. The van der Waals surface area contributed by atoms with Gasteiger partial charge in [-0.25, -0.2) is 0 Å². The number of nitrogens with one attached hydrogen (secondary N) is 2. The van der Waals surface area contributed by atoms with E-state index in [0.29, 0.717) is 0 Å². The summed E-state index contributed by atoms with van der Waals surface area (Å²) >= 11 is 0. The molecule has 1 aromatic rings. The molecule has 9 heteroatoms. The Morgan fingerprint density at radius 3 is 2.92 bits per heavy atom. The third-order valence-corrected chi connectivity index (χ3v) is 4.73. The molecule has 1 saturated heterocycles. The van der Waals surface area contributed by atoms with E-state index in [1.807, 2.05) is 4.57 Å². The number of aliphatic imine (C=N–C) groups is 1. The lowest BCUT2D eigenvalue weighted by Crippen LogP contribution is -2.43. The van der Waals surface area contributed by atoms with Crippen LogP contribution in [0.4, 0.5) is 0 Å². The Hall–Kier alpha value is -2.16. The smallest absolute Gasteiger partial charge is 0.221 e. The predicted octanol–water partition coefficient (Wildman–Crippen LogP) is -0.407. The lowest BCUT2D eigenvalue weighted by Gasteiger charge is -2.31. The fourth-order valence-electron chi connectivity index (χ4n) is 3.26. The molecule has 9 nitrogen and oxygen atoms in total. The molecule has 0 aliphatic carbocycles. The van der Waals surface area contributed by atoms with Gasteiger partial charge in [0, 0.05) is 39.6 Å². The average Bonchev–Trinajstić information content (AvgIpc) is 3.11. The summed E-state index contributed by atoms with van der Waals surface area (Å²) in [5.74, 6) is 1.63. The number of aromatic nitrogens is 3. The molecule has 26 heavy (non-hydrogen) atoms. The molecule has 1 amide bonds. The number of nitrogens with zero attached hydrogens (tertiary/aromatic N) is 5. The van der Waals surface area contributed by atoms with Gasteiger partial charge in [0.1, 0.15) is 12.2 Å². The van der Waals surface area contributed by atoms with Crippen LogP contribution >= 0.6 is 0 Å². The van der Waals surface area contributed by atoms with Crippen LogP contribution in [0.3, 0.4) is 0 Å². The summed E-state index contributed by atoms with van der Waals surface area (Å²) in [4.78, 5) is 17.9. The Labute approximate surface area is 155 Å². The SMILES string of the molecule is CCc1nncn1CCNC(=NC)NCCCN1CCCC(C(N)=O)C1. The largest absolute Gasteiger partial charge is 0.369 e. The minimum atomic E-state index is -0.170. The number of rotatable bonds is 9. The van der Waals surface area contributed by atoms with E-state index in [2.05, 4.69) is 37.6 Å². The highest BCUT2D eigenvalue weighted by molar-refractivity contribution is 5.79. The van der Waals surface area contributed by atoms with E-state index in [0.717, 1.165) is 76.7 Å². The predicted molar refractivity (Wildman–Crippen MR) is 102 cm³/mol. The molecule has 4 N–H and O–H groups in total. The lowest BCUT2D eigenvalue weighted by molar-refractivity contribution is -0.123. The summed E-state index contributed by atoms with van der Waals surface area (Å²) in [6.45, 7) is 7.29. The maximum absolute atomic E-state index is 11.3. The fraction of sp³-hybridized carbons (Fsp3) is 0.765. The first kappa shape index (κ1) is 20.2. The molecule has 0 saturated carbocycles. The van der Waals surface area contributed by atoms with Crippen LogP contribution in [0.15, 0.2) is 11.3 Å². The molecular weight excluding hydrogens is 332 g/mol. The van der Waals surface area contributed by atoms with Crippen LogP contribution in [0.5, 0.6) is 0 Å². The van der Waals surface area contributed by atoms with Crippen molar-refractivity contribution in [1.82, 2.24) is 30.3 Å². The number of hydrogen-bond acceptors (Lipinski definition) is 5. The van der Waals surface area contributed by atoms with Gasteiger partial charge in [-0.1, -0.05) is 6.92 Å². The third-order valence-electron chi connectivity index (χ3n) is 4.73. The first-order chi connectivity index (χ1) is 12.6. The average molecular weight is 364 g/mol. The zero-order chi connectivity index (χ0) is 18.8. The lowest BCUT2D eigenvalue weighted by atomic mass is 9.97. The van der Waals surface area contributed by atoms with Crippen LogP contribution in [0.25, 0.3) is 0 Å². The van der Waals surface area contributed by atoms with Gasteiger partial charge in [0.2, 0.25) is 5.91 Å². The van der Waals surface area contributed by atoms with E-state index in [1.54, 1.807) is 13.4 Å². The fourth-order valence-corrected chi connectivity index (χ4v) is 3.26. The van der Waals surface area contributed by atoms with Crippen LogP contribution in [0.2, 0.25) is 0 Å². The van der Waals surface area contributed by atoms with Crippen molar-refractivity contribution in [1.29, 1.82) is 0 Å². The minimum absolute atomic E-state index is 0.0109. The number of guanidine groups is 1. The van der Waals surface area contributed by atoms with Gasteiger partial charge in [0.25, 0.3) is 0 Å². The Kier molecular flexibility index (Phi) is 8.33. The normalized spacial score (nSPS) is 18.7. The number of aryl methyl sites for hydroxylation is 1. The van der Waals surface area contributed by atoms with E-state index in [1.165, 1.54) is 0 Å². The first-order valence-corrected chi connectivity index (χ1v) is 9.47. The molecule has 1 unspecified atom stereocenters. The first-order valence-electron chi connectivity index (χ1n) is 9.47. The van der Waals surface area contributed by atoms with E-state index >= 15 is 0 Å². The van der Waals surface area contributed by atoms with Crippen molar-refractivity contribution in [2.75, 3.05) is 39.8 Å². The molecule has 1 aliphatic heterocycles. The number of amides is 1. The van der Waals surface area contributed by atoms with Crippen molar-refractivity contribution in [3.63, 3.8) is 0 Å². The zero-order valence-electron chi connectivity index (χ0n) is 15.9. The molecule has 2 heterocycles. The maximum atomic E-state index is 11.3. The summed E-state index contributed by atoms with van der Waals surface area (Å²) in [6, 6.07) is 0. The Bertz CT molecular complexity index is 585. The molecule has 2 rings (SSSR count). The van der Waals surface area contributed by atoms with E-state index in [4.69, 9.17) is 5.73 Å². The summed E-state index contributed by atoms with van der Waals surface area (Å²) in [7, 11) is 1.77. The Morgan fingerprint density at radius 2 is 2.19 bits per heavy atom. The number of likely N-dealkylation sites (tertiary alicyclic amines) is 1. The van der Waals surface area contributed by atoms with Gasteiger partial charge >= 0.3 is 0 Å². The molecule has 0 bridgehead atoms. The second-order valence-corrected chi connectivity index (χ2v) is 6.62. The van der Waals surface area contributed by atoms with Crippen molar-refractivity contribution in [2.45, 2.75) is 39.2 Å². The summed E-state index contributed by atoms with van der Waals surface area (Å²) < 4.78 is 2.05. The van der Waals surface area contributed by atoms with Gasteiger partial charge in [-0.05, 0) is 32.4 Å². The number of nitrogens with two attached hydrogens (primary N) is 1. The van der Waals surface area contributed by atoms with Crippen molar-refractivity contribution >= 4 is 11.9 Å². The number of piperidine rings is 1. The molecule has 1 atom stereocenters. The highest BCUT2D eigenvalue weighted by atomic mass is 16.1. The van der Waals surface area contributed by atoms with Crippen molar-refractivity contribution in [3.8, 4) is 0 Å². The zero-order valence-corrected chi connectivity index (χ0v) is 15.9. The number of carbonyl (C=O) groups is 1. The van der Waals surface area contributed by atoms with E-state index in [-0.39, 0.29) is 11.8 Å². The summed E-state index contributed by atoms with van der Waals surface area (Å²) in [5, 5.41) is 14.7. The van der Waals surface area contributed by atoms with E-state index in [9.17, 15) is 4.79 Å². The number of hydrogen-bond donors (Lipinski definition) is 3. The maximum Gasteiger partial charge on any atom is 0.221 e. The van der Waals surface area contributed by atoms with Crippen LogP contribution in [0, 0.1) is 5.92 Å². The van der Waals surface area contributed by atoms with Gasteiger partial charge in [0.05, 0.1) is 5.92 Å². The standard InChI is InChI=1S/C17H32N8O/c1-3-15-23-22-13-25(15)11-8-21-17(19-2)20-7-5-10-24-9-4-6-14(12-24)16(18)26/h13-14H,3-12H2,1-2H3,(H2,18,26)(H2,19,20,21). The van der Waals surface area contributed by atoms with Gasteiger partial charge in [-0.15, -0.1) is 10.2 Å². The van der Waals surface area contributed by atoms with Crippen molar-refractivity contribution in [3.05, 3.63) is 12.2 Å². The van der Waals surface area contributed by atoms with Crippen molar-refractivity contribution < 1.29 is 4.79 Å². The monoisotopic (exact) mass is 364 g/mol. The number of primary amides is 1. The van der Waals surface area contributed by atoms with Crippen LogP contribution < -0.4 is 16.4 Å². The topological polar surface area (TPSA) is 113 Å². The molecule has 1 fully saturated rings. The van der Waals surface area contributed by atoms with Gasteiger partial charge < -0.3 is 25.8 Å². The Balaban J connectivity index is 1.61. The Morgan fingerprint density at radius 1 is 1.38 bits per heavy atom. The molecular formula is C17H32N8O. The molecule has 0 aromatic carbocycles.